The Hall–Kier alpha value is -2.18. The number of anilines is 1. The Balaban J connectivity index is 1.78. The van der Waals surface area contributed by atoms with Gasteiger partial charge < -0.3 is 10.2 Å². The van der Waals surface area contributed by atoms with Gasteiger partial charge in [0.15, 0.2) is 0 Å². The van der Waals surface area contributed by atoms with E-state index in [0.717, 1.165) is 60.9 Å². The molecule has 6 heteroatoms. The molecule has 3 aromatic rings. The predicted octanol–water partition coefficient (Wildman–Crippen LogP) is 3.13. The number of rotatable bonds is 2. The maximum atomic E-state index is 13.7. The average Bonchev–Trinajstić information content (AvgIpc) is 2.91. The molecule has 0 amide bonds. The van der Waals surface area contributed by atoms with Crippen molar-refractivity contribution in [3.8, 4) is 5.69 Å². The highest BCUT2D eigenvalue weighted by molar-refractivity contribution is 7.18. The fourth-order valence-corrected chi connectivity index (χ4v) is 5.50. The SMILES string of the molecule is O=c1c2c3c(sc2nc(N2CCNCC2)n1-c1ccccc1)CCCCC3. The smallest absolute Gasteiger partial charge is 0.268 e. The van der Waals surface area contributed by atoms with Crippen LogP contribution in [0.4, 0.5) is 5.95 Å². The van der Waals surface area contributed by atoms with Crippen LogP contribution in [-0.4, -0.2) is 35.7 Å². The normalized spacial score (nSPS) is 17.7. The summed E-state index contributed by atoms with van der Waals surface area (Å²) in [5, 5.41) is 4.25. The third-order valence-corrected chi connectivity index (χ3v) is 6.82. The first-order valence-corrected chi connectivity index (χ1v) is 10.7. The number of piperazine rings is 1. The number of hydrogen-bond acceptors (Lipinski definition) is 5. The van der Waals surface area contributed by atoms with E-state index in [1.165, 1.54) is 29.7 Å². The number of hydrogen-bond donors (Lipinski definition) is 1. The van der Waals surface area contributed by atoms with Crippen molar-refractivity contribution in [3.05, 3.63) is 51.1 Å². The maximum absolute atomic E-state index is 13.7. The van der Waals surface area contributed by atoms with Crippen LogP contribution >= 0.6 is 11.3 Å². The van der Waals surface area contributed by atoms with Crippen LogP contribution in [0.2, 0.25) is 0 Å². The lowest BCUT2D eigenvalue weighted by Gasteiger charge is -2.30. The lowest BCUT2D eigenvalue weighted by molar-refractivity contribution is 0.575. The molecule has 3 heterocycles. The molecule has 1 saturated heterocycles. The van der Waals surface area contributed by atoms with Crippen molar-refractivity contribution in [2.75, 3.05) is 31.1 Å². The minimum Gasteiger partial charge on any atom is -0.339 e. The second-order valence-electron chi connectivity index (χ2n) is 7.37. The standard InChI is InChI=1S/C21H24N4OS/c26-20-18-16-9-5-2-6-10-17(16)27-19(18)23-21(24-13-11-22-12-14-24)25(20)15-7-3-1-4-8-15/h1,3-4,7-8,22H,2,5-6,9-14H2. The number of aromatic nitrogens is 2. The van der Waals surface area contributed by atoms with Crippen LogP contribution in [0.5, 0.6) is 0 Å². The average molecular weight is 381 g/mol. The van der Waals surface area contributed by atoms with Gasteiger partial charge in [-0.15, -0.1) is 11.3 Å². The van der Waals surface area contributed by atoms with Gasteiger partial charge in [-0.2, -0.15) is 0 Å². The van der Waals surface area contributed by atoms with Crippen molar-refractivity contribution in [3.63, 3.8) is 0 Å². The van der Waals surface area contributed by atoms with Crippen LogP contribution in [0, 0.1) is 0 Å². The maximum Gasteiger partial charge on any atom is 0.268 e. The van der Waals surface area contributed by atoms with Crippen LogP contribution in [0.1, 0.15) is 29.7 Å². The highest BCUT2D eigenvalue weighted by Crippen LogP contribution is 2.34. The van der Waals surface area contributed by atoms with E-state index in [1.54, 1.807) is 11.3 Å². The molecule has 1 aliphatic carbocycles. The van der Waals surface area contributed by atoms with E-state index in [0.29, 0.717) is 0 Å². The first kappa shape index (κ1) is 17.0. The molecule has 0 unspecified atom stereocenters. The molecule has 0 atom stereocenters. The van der Waals surface area contributed by atoms with Gasteiger partial charge in [-0.05, 0) is 43.4 Å². The molecule has 2 aliphatic rings. The minimum absolute atomic E-state index is 0.0964. The Kier molecular flexibility index (Phi) is 4.45. The quantitative estimate of drug-likeness (QED) is 0.694. The zero-order valence-electron chi connectivity index (χ0n) is 15.4. The van der Waals surface area contributed by atoms with E-state index >= 15 is 0 Å². The monoisotopic (exact) mass is 380 g/mol. The van der Waals surface area contributed by atoms with Gasteiger partial charge in [0.2, 0.25) is 5.95 Å². The third kappa shape index (κ3) is 2.97. The van der Waals surface area contributed by atoms with Gasteiger partial charge in [0.1, 0.15) is 4.83 Å². The predicted molar refractivity (Wildman–Crippen MR) is 112 cm³/mol. The number of para-hydroxylation sites is 1. The summed E-state index contributed by atoms with van der Waals surface area (Å²) in [5.41, 5.74) is 2.26. The molecule has 5 nitrogen and oxygen atoms in total. The molecule has 140 valence electrons. The zero-order valence-corrected chi connectivity index (χ0v) is 16.2. The summed E-state index contributed by atoms with van der Waals surface area (Å²) in [6.45, 7) is 3.58. The van der Waals surface area contributed by atoms with Crippen molar-refractivity contribution < 1.29 is 0 Å². The van der Waals surface area contributed by atoms with E-state index in [2.05, 4.69) is 10.2 Å². The molecule has 0 bridgehead atoms. The topological polar surface area (TPSA) is 50.2 Å². The van der Waals surface area contributed by atoms with Crippen molar-refractivity contribution >= 4 is 27.5 Å². The Bertz CT molecular complexity index is 1020. The minimum atomic E-state index is 0.0964. The summed E-state index contributed by atoms with van der Waals surface area (Å²) in [7, 11) is 0. The molecule has 1 aliphatic heterocycles. The summed E-state index contributed by atoms with van der Waals surface area (Å²) in [6.07, 6.45) is 5.74. The molecule has 2 aromatic heterocycles. The molecule has 5 rings (SSSR count). The van der Waals surface area contributed by atoms with E-state index in [1.807, 2.05) is 34.9 Å². The fraction of sp³-hybridized carbons (Fsp3) is 0.429. The zero-order chi connectivity index (χ0) is 18.2. The Morgan fingerprint density at radius 2 is 1.78 bits per heavy atom. The molecule has 0 radical (unpaired) electrons. The third-order valence-electron chi connectivity index (χ3n) is 5.64. The van der Waals surface area contributed by atoms with Gasteiger partial charge in [-0.25, -0.2) is 9.55 Å². The van der Waals surface area contributed by atoms with Gasteiger partial charge >= 0.3 is 0 Å². The first-order chi connectivity index (χ1) is 13.3. The van der Waals surface area contributed by atoms with Gasteiger partial charge in [0.05, 0.1) is 11.1 Å². The molecule has 27 heavy (non-hydrogen) atoms. The number of benzene rings is 1. The van der Waals surface area contributed by atoms with E-state index in [-0.39, 0.29) is 5.56 Å². The van der Waals surface area contributed by atoms with Crippen LogP contribution in [0.15, 0.2) is 35.1 Å². The summed E-state index contributed by atoms with van der Waals surface area (Å²) >= 11 is 1.74. The second kappa shape index (κ2) is 7.09. The summed E-state index contributed by atoms with van der Waals surface area (Å²) in [4.78, 5) is 23.3. The Morgan fingerprint density at radius 1 is 1.00 bits per heavy atom. The van der Waals surface area contributed by atoms with Crippen LogP contribution < -0.4 is 15.8 Å². The van der Waals surface area contributed by atoms with E-state index in [4.69, 9.17) is 4.98 Å². The number of aryl methyl sites for hydroxylation is 2. The molecule has 0 saturated carbocycles. The highest BCUT2D eigenvalue weighted by Gasteiger charge is 2.24. The van der Waals surface area contributed by atoms with Gasteiger partial charge in [0.25, 0.3) is 5.56 Å². The lowest BCUT2D eigenvalue weighted by atomic mass is 10.1. The molecule has 0 spiro atoms. The summed E-state index contributed by atoms with van der Waals surface area (Å²) in [6, 6.07) is 9.97. The van der Waals surface area contributed by atoms with Crippen molar-refractivity contribution in [2.24, 2.45) is 0 Å². The number of fused-ring (bicyclic) bond motifs is 3. The lowest BCUT2D eigenvalue weighted by Crippen LogP contribution is -2.46. The van der Waals surface area contributed by atoms with E-state index < -0.39 is 0 Å². The van der Waals surface area contributed by atoms with Crippen LogP contribution in [0.25, 0.3) is 15.9 Å². The number of nitrogens with zero attached hydrogens (tertiary/aromatic N) is 3. The Labute approximate surface area is 162 Å². The van der Waals surface area contributed by atoms with Crippen molar-refractivity contribution in [1.82, 2.24) is 14.9 Å². The molecule has 1 fully saturated rings. The molecular formula is C21H24N4OS. The first-order valence-electron chi connectivity index (χ1n) is 9.91. The van der Waals surface area contributed by atoms with Crippen molar-refractivity contribution in [1.29, 1.82) is 0 Å². The molecular weight excluding hydrogens is 356 g/mol. The summed E-state index contributed by atoms with van der Waals surface area (Å²) in [5.74, 6) is 0.789. The second-order valence-corrected chi connectivity index (χ2v) is 8.45. The van der Waals surface area contributed by atoms with E-state index in [9.17, 15) is 4.79 Å². The van der Waals surface area contributed by atoms with Gasteiger partial charge in [0, 0.05) is 31.1 Å². The van der Waals surface area contributed by atoms with Gasteiger partial charge in [-0.3, -0.25) is 4.79 Å². The number of thiophene rings is 1. The Morgan fingerprint density at radius 3 is 2.59 bits per heavy atom. The summed E-state index contributed by atoms with van der Waals surface area (Å²) < 4.78 is 1.84. The molecule has 1 N–H and O–H groups in total. The van der Waals surface area contributed by atoms with Crippen LogP contribution in [0.3, 0.4) is 0 Å². The highest BCUT2D eigenvalue weighted by atomic mass is 32.1. The fourth-order valence-electron chi connectivity index (χ4n) is 4.26. The number of nitrogens with one attached hydrogen (secondary N) is 1. The molecule has 1 aromatic carbocycles. The largest absolute Gasteiger partial charge is 0.339 e. The van der Waals surface area contributed by atoms with Crippen molar-refractivity contribution in [2.45, 2.75) is 32.1 Å². The van der Waals surface area contributed by atoms with Crippen LogP contribution in [-0.2, 0) is 12.8 Å². The van der Waals surface area contributed by atoms with Gasteiger partial charge in [-0.1, -0.05) is 24.6 Å².